The first kappa shape index (κ1) is 22.8. The van der Waals surface area contributed by atoms with Crippen molar-refractivity contribution in [3.63, 3.8) is 0 Å². The average Bonchev–Trinajstić information content (AvgIpc) is 3.11. The molecule has 2 N–H and O–H groups in total. The monoisotopic (exact) mass is 434 g/mol. The third kappa shape index (κ3) is 5.13. The Morgan fingerprint density at radius 3 is 2.72 bits per heavy atom. The number of carbonyl (C=O) groups is 1. The molecule has 32 heavy (non-hydrogen) atoms. The Hall–Kier alpha value is -2.43. The summed E-state index contributed by atoms with van der Waals surface area (Å²) in [5.41, 5.74) is 2.83. The van der Waals surface area contributed by atoms with Crippen LogP contribution in [0.1, 0.15) is 60.5 Å². The first-order valence-electron chi connectivity index (χ1n) is 12.0. The van der Waals surface area contributed by atoms with E-state index in [1.807, 2.05) is 36.4 Å². The summed E-state index contributed by atoms with van der Waals surface area (Å²) in [4.78, 5) is 12.6. The molecule has 2 aliphatic rings. The lowest BCUT2D eigenvalue weighted by molar-refractivity contribution is 0.0731. The van der Waals surface area contributed by atoms with Crippen LogP contribution in [0.2, 0.25) is 0 Å². The van der Waals surface area contributed by atoms with E-state index < -0.39 is 12.2 Å². The van der Waals surface area contributed by atoms with Gasteiger partial charge in [-0.2, -0.15) is 0 Å². The van der Waals surface area contributed by atoms with E-state index >= 15 is 0 Å². The summed E-state index contributed by atoms with van der Waals surface area (Å²) in [6.45, 7) is 2.16. The van der Waals surface area contributed by atoms with Crippen molar-refractivity contribution in [2.75, 3.05) is 0 Å². The molecule has 0 aliphatic heterocycles. The molecular weight excluding hydrogens is 400 g/mol. The highest BCUT2D eigenvalue weighted by atomic mass is 16.5. The standard InChI is InChI=1S/C28H34O4/c1-2-3-5-12-22(29)14-15-23-24-16-20-11-8-13-27(25(20)17-21(24)18-26(23)30)32-28(31)19-9-6-4-7-10-19/h4,6-11,13-15,21-24,26,29-30H,2-3,5,12,16-18H2,1H3/b15-14+/t21-,22-,23+,24-,26+/m0/s1. The quantitative estimate of drug-likeness (QED) is 0.262. The largest absolute Gasteiger partial charge is 0.423 e. The number of hydrogen-bond acceptors (Lipinski definition) is 4. The number of rotatable bonds is 8. The summed E-state index contributed by atoms with van der Waals surface area (Å²) in [7, 11) is 0. The molecule has 2 aromatic carbocycles. The molecule has 1 saturated carbocycles. The van der Waals surface area contributed by atoms with Crippen LogP contribution in [0.25, 0.3) is 0 Å². The Kier molecular flexibility index (Phi) is 7.44. The Labute approximate surface area is 190 Å². The van der Waals surface area contributed by atoms with Crippen LogP contribution >= 0.6 is 0 Å². The molecular formula is C28H34O4. The second-order valence-electron chi connectivity index (χ2n) is 9.31. The number of benzene rings is 2. The summed E-state index contributed by atoms with van der Waals surface area (Å²) in [5.74, 6) is 1.04. The van der Waals surface area contributed by atoms with Crippen molar-refractivity contribution < 1.29 is 19.7 Å². The van der Waals surface area contributed by atoms with Crippen LogP contribution in [0.5, 0.6) is 5.75 Å². The maximum absolute atomic E-state index is 12.6. The number of fused-ring (bicyclic) bond motifs is 2. The van der Waals surface area contributed by atoms with Crippen LogP contribution in [-0.2, 0) is 12.8 Å². The normalized spacial score (nSPS) is 25.3. The van der Waals surface area contributed by atoms with Gasteiger partial charge in [0.1, 0.15) is 5.75 Å². The fraction of sp³-hybridized carbons (Fsp3) is 0.464. The van der Waals surface area contributed by atoms with Gasteiger partial charge < -0.3 is 14.9 Å². The maximum atomic E-state index is 12.6. The minimum Gasteiger partial charge on any atom is -0.423 e. The van der Waals surface area contributed by atoms with Gasteiger partial charge in [0, 0.05) is 5.92 Å². The third-order valence-corrected chi connectivity index (χ3v) is 7.11. The number of aliphatic hydroxyl groups excluding tert-OH is 2. The molecule has 5 atom stereocenters. The fourth-order valence-electron chi connectivity index (χ4n) is 5.39. The van der Waals surface area contributed by atoms with Gasteiger partial charge in [-0.05, 0) is 66.8 Å². The summed E-state index contributed by atoms with van der Waals surface area (Å²) in [6.07, 6.45) is 9.59. The molecule has 0 unspecified atom stereocenters. The Bertz CT molecular complexity index is 936. The SMILES string of the molecule is CCCCC[C@H](O)/C=C/[C@@H]1[C@H]2Cc3cccc(OC(=O)c4ccccc4)c3C[C@H]2C[C@H]1O. The van der Waals surface area contributed by atoms with E-state index in [0.29, 0.717) is 23.1 Å². The van der Waals surface area contributed by atoms with Gasteiger partial charge in [-0.25, -0.2) is 4.79 Å². The van der Waals surface area contributed by atoms with Crippen molar-refractivity contribution in [3.8, 4) is 5.75 Å². The molecule has 4 nitrogen and oxygen atoms in total. The summed E-state index contributed by atoms with van der Waals surface area (Å²) >= 11 is 0. The van der Waals surface area contributed by atoms with Gasteiger partial charge in [0.05, 0.1) is 17.8 Å². The molecule has 0 amide bonds. The van der Waals surface area contributed by atoms with Gasteiger partial charge in [0.2, 0.25) is 0 Å². The molecule has 0 radical (unpaired) electrons. The van der Waals surface area contributed by atoms with Gasteiger partial charge >= 0.3 is 5.97 Å². The van der Waals surface area contributed by atoms with Crippen molar-refractivity contribution >= 4 is 5.97 Å². The van der Waals surface area contributed by atoms with Gasteiger partial charge in [-0.1, -0.05) is 68.7 Å². The minimum absolute atomic E-state index is 0.0597. The van der Waals surface area contributed by atoms with Gasteiger partial charge in [-0.3, -0.25) is 0 Å². The predicted octanol–water partition coefficient (Wildman–Crippen LogP) is 5.12. The number of esters is 1. The van der Waals surface area contributed by atoms with E-state index in [2.05, 4.69) is 19.1 Å². The van der Waals surface area contributed by atoms with E-state index in [1.54, 1.807) is 12.1 Å². The van der Waals surface area contributed by atoms with Crippen LogP contribution in [0, 0.1) is 17.8 Å². The fourth-order valence-corrected chi connectivity index (χ4v) is 5.39. The zero-order chi connectivity index (χ0) is 22.5. The van der Waals surface area contributed by atoms with E-state index in [-0.39, 0.29) is 11.9 Å². The zero-order valence-corrected chi connectivity index (χ0v) is 18.8. The van der Waals surface area contributed by atoms with E-state index in [4.69, 9.17) is 4.74 Å². The van der Waals surface area contributed by atoms with Crippen LogP contribution in [0.15, 0.2) is 60.7 Å². The average molecular weight is 435 g/mol. The molecule has 0 aromatic heterocycles. The van der Waals surface area contributed by atoms with Crippen LogP contribution in [-0.4, -0.2) is 28.4 Å². The second kappa shape index (κ2) is 10.5. The van der Waals surface area contributed by atoms with Crippen LogP contribution in [0.3, 0.4) is 0 Å². The van der Waals surface area contributed by atoms with E-state index in [9.17, 15) is 15.0 Å². The number of carbonyl (C=O) groups excluding carboxylic acids is 1. The smallest absolute Gasteiger partial charge is 0.343 e. The highest BCUT2D eigenvalue weighted by molar-refractivity contribution is 5.91. The molecule has 0 spiro atoms. The summed E-state index contributed by atoms with van der Waals surface area (Å²) in [5, 5.41) is 21.0. The Morgan fingerprint density at radius 2 is 1.94 bits per heavy atom. The molecule has 0 heterocycles. The summed E-state index contributed by atoms with van der Waals surface area (Å²) in [6, 6.07) is 15.0. The lowest BCUT2D eigenvalue weighted by atomic mass is 9.74. The van der Waals surface area contributed by atoms with Gasteiger partial charge in [0.15, 0.2) is 0 Å². The number of aliphatic hydroxyl groups is 2. The highest BCUT2D eigenvalue weighted by Crippen LogP contribution is 2.47. The summed E-state index contributed by atoms with van der Waals surface area (Å²) < 4.78 is 5.78. The van der Waals surface area contributed by atoms with Crippen molar-refractivity contribution in [2.24, 2.45) is 17.8 Å². The molecule has 2 aromatic rings. The zero-order valence-electron chi connectivity index (χ0n) is 18.8. The number of hydrogen-bond donors (Lipinski definition) is 2. The number of ether oxygens (including phenoxy) is 1. The topological polar surface area (TPSA) is 66.8 Å². The van der Waals surface area contributed by atoms with Crippen molar-refractivity contribution in [1.29, 1.82) is 0 Å². The first-order chi connectivity index (χ1) is 15.6. The first-order valence-corrected chi connectivity index (χ1v) is 12.0. The van der Waals surface area contributed by atoms with Crippen molar-refractivity contribution in [2.45, 2.75) is 64.1 Å². The van der Waals surface area contributed by atoms with Gasteiger partial charge in [0.25, 0.3) is 0 Å². The number of unbranched alkanes of at least 4 members (excludes halogenated alkanes) is 2. The van der Waals surface area contributed by atoms with Crippen molar-refractivity contribution in [3.05, 3.63) is 77.4 Å². The van der Waals surface area contributed by atoms with E-state index in [0.717, 1.165) is 50.5 Å². The van der Waals surface area contributed by atoms with Gasteiger partial charge in [-0.15, -0.1) is 0 Å². The highest BCUT2D eigenvalue weighted by Gasteiger charge is 2.44. The third-order valence-electron chi connectivity index (χ3n) is 7.11. The predicted molar refractivity (Wildman–Crippen MR) is 126 cm³/mol. The molecule has 0 bridgehead atoms. The molecule has 4 rings (SSSR count). The van der Waals surface area contributed by atoms with Crippen molar-refractivity contribution in [1.82, 2.24) is 0 Å². The molecule has 1 fully saturated rings. The Morgan fingerprint density at radius 1 is 1.12 bits per heavy atom. The Balaban J connectivity index is 1.46. The maximum Gasteiger partial charge on any atom is 0.343 e. The molecule has 2 aliphatic carbocycles. The lowest BCUT2D eigenvalue weighted by Gasteiger charge is -2.31. The lowest BCUT2D eigenvalue weighted by Crippen LogP contribution is -2.26. The van der Waals surface area contributed by atoms with E-state index in [1.165, 1.54) is 5.56 Å². The van der Waals surface area contributed by atoms with Crippen LogP contribution < -0.4 is 4.74 Å². The second-order valence-corrected chi connectivity index (χ2v) is 9.31. The molecule has 4 heteroatoms. The molecule has 0 saturated heterocycles. The minimum atomic E-state index is -0.437. The van der Waals surface area contributed by atoms with Crippen LogP contribution in [0.4, 0.5) is 0 Å². The molecule has 170 valence electrons.